The van der Waals surface area contributed by atoms with Gasteiger partial charge in [-0.05, 0) is 30.5 Å². The number of ether oxygens (including phenoxy) is 1. The van der Waals surface area contributed by atoms with Crippen molar-refractivity contribution in [3.63, 3.8) is 0 Å². The SMILES string of the molecule is O=C1OCC[C@@]12C[C@@H]2c1ccc(Br)cc1. The van der Waals surface area contributed by atoms with Crippen LogP contribution in [0.4, 0.5) is 0 Å². The van der Waals surface area contributed by atoms with E-state index in [4.69, 9.17) is 4.74 Å². The van der Waals surface area contributed by atoms with Crippen molar-refractivity contribution in [2.45, 2.75) is 18.8 Å². The fraction of sp³-hybridized carbons (Fsp3) is 0.417. The number of carbonyl (C=O) groups excluding carboxylic acids is 1. The summed E-state index contributed by atoms with van der Waals surface area (Å²) in [7, 11) is 0. The summed E-state index contributed by atoms with van der Waals surface area (Å²) in [5.41, 5.74) is 1.10. The van der Waals surface area contributed by atoms with E-state index >= 15 is 0 Å². The van der Waals surface area contributed by atoms with Gasteiger partial charge < -0.3 is 4.74 Å². The number of rotatable bonds is 1. The first kappa shape index (κ1) is 9.40. The van der Waals surface area contributed by atoms with Gasteiger partial charge in [-0.3, -0.25) is 4.79 Å². The number of carbonyl (C=O) groups is 1. The van der Waals surface area contributed by atoms with Crippen LogP contribution in [0.1, 0.15) is 24.3 Å². The second-order valence-corrected chi connectivity index (χ2v) is 5.27. The zero-order chi connectivity index (χ0) is 10.5. The molecule has 1 spiro atoms. The maximum atomic E-state index is 11.6. The highest BCUT2D eigenvalue weighted by molar-refractivity contribution is 9.10. The molecular weight excluding hydrogens is 256 g/mol. The fourth-order valence-electron chi connectivity index (χ4n) is 2.51. The summed E-state index contributed by atoms with van der Waals surface area (Å²) in [5, 5.41) is 0. The minimum atomic E-state index is -0.159. The van der Waals surface area contributed by atoms with Crippen molar-refractivity contribution in [2.75, 3.05) is 6.61 Å². The van der Waals surface area contributed by atoms with E-state index in [1.807, 2.05) is 12.1 Å². The van der Waals surface area contributed by atoms with E-state index in [1.165, 1.54) is 5.56 Å². The topological polar surface area (TPSA) is 26.3 Å². The highest BCUT2D eigenvalue weighted by Gasteiger charge is 2.63. The third-order valence-electron chi connectivity index (χ3n) is 3.54. The van der Waals surface area contributed by atoms with E-state index in [0.29, 0.717) is 12.5 Å². The summed E-state index contributed by atoms with van der Waals surface area (Å²) in [4.78, 5) is 11.6. The van der Waals surface area contributed by atoms with Crippen LogP contribution in [0, 0.1) is 5.41 Å². The van der Waals surface area contributed by atoms with E-state index in [-0.39, 0.29) is 11.4 Å². The van der Waals surface area contributed by atoms with Crippen LogP contribution >= 0.6 is 15.9 Å². The monoisotopic (exact) mass is 266 g/mol. The average Bonchev–Trinajstić information content (AvgIpc) is 2.84. The number of benzene rings is 1. The van der Waals surface area contributed by atoms with Crippen LogP contribution < -0.4 is 0 Å². The van der Waals surface area contributed by atoms with Gasteiger partial charge in [0.05, 0.1) is 12.0 Å². The Morgan fingerprint density at radius 1 is 1.33 bits per heavy atom. The maximum absolute atomic E-state index is 11.6. The molecule has 1 saturated carbocycles. The molecule has 1 aromatic rings. The third kappa shape index (κ3) is 1.33. The molecule has 0 N–H and O–H groups in total. The van der Waals surface area contributed by atoms with Gasteiger partial charge in [0.15, 0.2) is 0 Å². The quantitative estimate of drug-likeness (QED) is 0.731. The molecular formula is C12H11BrO2. The standard InChI is InChI=1S/C12H11BrO2/c13-9-3-1-8(2-4-9)10-7-12(10)5-6-15-11(12)14/h1-4,10H,5-7H2/t10-,12+/m1/s1. The van der Waals surface area contributed by atoms with Crippen molar-refractivity contribution >= 4 is 21.9 Å². The number of hydrogen-bond donors (Lipinski definition) is 0. The van der Waals surface area contributed by atoms with E-state index in [9.17, 15) is 4.79 Å². The van der Waals surface area contributed by atoms with Crippen LogP contribution in [0.2, 0.25) is 0 Å². The van der Waals surface area contributed by atoms with Gasteiger partial charge in [0, 0.05) is 10.4 Å². The van der Waals surface area contributed by atoms with Gasteiger partial charge >= 0.3 is 5.97 Å². The molecule has 3 rings (SSSR count). The number of esters is 1. The zero-order valence-electron chi connectivity index (χ0n) is 8.20. The van der Waals surface area contributed by atoms with Crippen molar-refractivity contribution < 1.29 is 9.53 Å². The van der Waals surface area contributed by atoms with Gasteiger partial charge in [-0.25, -0.2) is 0 Å². The summed E-state index contributed by atoms with van der Waals surface area (Å²) in [5.74, 6) is 0.399. The Bertz CT molecular complexity index is 412. The van der Waals surface area contributed by atoms with Crippen LogP contribution in [0.5, 0.6) is 0 Å². The molecule has 1 aromatic carbocycles. The summed E-state index contributed by atoms with van der Waals surface area (Å²) in [6.07, 6.45) is 1.86. The second-order valence-electron chi connectivity index (χ2n) is 4.35. The Morgan fingerprint density at radius 2 is 2.07 bits per heavy atom. The van der Waals surface area contributed by atoms with Crippen LogP contribution in [0.25, 0.3) is 0 Å². The van der Waals surface area contributed by atoms with E-state index in [1.54, 1.807) is 0 Å². The van der Waals surface area contributed by atoms with Crippen molar-refractivity contribution in [1.29, 1.82) is 0 Å². The molecule has 78 valence electrons. The summed E-state index contributed by atoms with van der Waals surface area (Å²) in [6.45, 7) is 0.603. The molecule has 2 nitrogen and oxygen atoms in total. The van der Waals surface area contributed by atoms with Gasteiger partial charge in [0.2, 0.25) is 0 Å². The Balaban J connectivity index is 1.87. The van der Waals surface area contributed by atoms with Crippen LogP contribution in [0.3, 0.4) is 0 Å². The molecule has 0 aromatic heterocycles. The lowest BCUT2D eigenvalue weighted by Gasteiger charge is -2.04. The second kappa shape index (κ2) is 3.08. The van der Waals surface area contributed by atoms with Gasteiger partial charge in [0.25, 0.3) is 0 Å². The summed E-state index contributed by atoms with van der Waals surface area (Å²) < 4.78 is 6.14. The van der Waals surface area contributed by atoms with Gasteiger partial charge in [-0.2, -0.15) is 0 Å². The lowest BCUT2D eigenvalue weighted by atomic mass is 9.98. The minimum absolute atomic E-state index is 0.00965. The molecule has 2 atom stereocenters. The van der Waals surface area contributed by atoms with E-state index < -0.39 is 0 Å². The average molecular weight is 267 g/mol. The summed E-state index contributed by atoms with van der Waals surface area (Å²) in [6, 6.07) is 8.24. The predicted octanol–water partition coefficient (Wildman–Crippen LogP) is 2.87. The lowest BCUT2D eigenvalue weighted by molar-refractivity contribution is -0.142. The third-order valence-corrected chi connectivity index (χ3v) is 4.06. The van der Waals surface area contributed by atoms with E-state index in [2.05, 4.69) is 28.1 Å². The maximum Gasteiger partial charge on any atom is 0.312 e. The molecule has 2 fully saturated rings. The van der Waals surface area contributed by atoms with Crippen LogP contribution in [0.15, 0.2) is 28.7 Å². The normalized spacial score (nSPS) is 33.1. The lowest BCUT2D eigenvalue weighted by Crippen LogP contribution is -2.10. The molecule has 15 heavy (non-hydrogen) atoms. The highest BCUT2D eigenvalue weighted by Crippen LogP contribution is 2.64. The molecule has 0 amide bonds. The predicted molar refractivity (Wildman–Crippen MR) is 59.5 cm³/mol. The molecule has 0 radical (unpaired) electrons. The Morgan fingerprint density at radius 3 is 2.67 bits per heavy atom. The number of hydrogen-bond acceptors (Lipinski definition) is 2. The molecule has 0 bridgehead atoms. The van der Waals surface area contributed by atoms with Gasteiger partial charge in [0.1, 0.15) is 0 Å². The molecule has 2 aliphatic rings. The van der Waals surface area contributed by atoms with E-state index in [0.717, 1.165) is 17.3 Å². The van der Waals surface area contributed by atoms with Gasteiger partial charge in [-0.1, -0.05) is 28.1 Å². The smallest absolute Gasteiger partial charge is 0.312 e. The van der Waals surface area contributed by atoms with Gasteiger partial charge in [-0.15, -0.1) is 0 Å². The van der Waals surface area contributed by atoms with Crippen molar-refractivity contribution in [1.82, 2.24) is 0 Å². The van der Waals surface area contributed by atoms with Crippen molar-refractivity contribution in [2.24, 2.45) is 5.41 Å². The zero-order valence-corrected chi connectivity index (χ0v) is 9.79. The first-order valence-corrected chi connectivity index (χ1v) is 5.94. The number of cyclic esters (lactones) is 1. The Kier molecular flexibility index (Phi) is 1.93. The largest absolute Gasteiger partial charge is 0.465 e. The molecule has 1 saturated heterocycles. The Labute approximate surface area is 96.8 Å². The van der Waals surface area contributed by atoms with Crippen LogP contribution in [-0.2, 0) is 9.53 Å². The minimum Gasteiger partial charge on any atom is -0.465 e. The highest BCUT2D eigenvalue weighted by atomic mass is 79.9. The molecule has 3 heteroatoms. The molecule has 1 aliphatic carbocycles. The molecule has 1 heterocycles. The first-order chi connectivity index (χ1) is 7.22. The van der Waals surface area contributed by atoms with Crippen molar-refractivity contribution in [3.05, 3.63) is 34.3 Å². The molecule has 1 aliphatic heterocycles. The van der Waals surface area contributed by atoms with Crippen molar-refractivity contribution in [3.8, 4) is 0 Å². The van der Waals surface area contributed by atoms with Crippen LogP contribution in [-0.4, -0.2) is 12.6 Å². The molecule has 0 unspecified atom stereocenters. The first-order valence-electron chi connectivity index (χ1n) is 5.15. The Hall–Kier alpha value is -0.830. The summed E-state index contributed by atoms with van der Waals surface area (Å²) >= 11 is 3.41. The fourth-order valence-corrected chi connectivity index (χ4v) is 2.78. The number of halogens is 1.